The van der Waals surface area contributed by atoms with E-state index in [1.54, 1.807) is 0 Å². The maximum Gasteiger partial charge on any atom is 0.122 e. The van der Waals surface area contributed by atoms with Crippen molar-refractivity contribution in [1.82, 2.24) is 0 Å². The average Bonchev–Trinajstić information content (AvgIpc) is 2.47. The van der Waals surface area contributed by atoms with E-state index in [1.807, 2.05) is 18.2 Å². The molecule has 2 N–H and O–H groups in total. The van der Waals surface area contributed by atoms with Gasteiger partial charge in [0.15, 0.2) is 0 Å². The fourth-order valence-corrected chi connectivity index (χ4v) is 2.13. The van der Waals surface area contributed by atoms with E-state index in [4.69, 9.17) is 5.14 Å². The van der Waals surface area contributed by atoms with Crippen molar-refractivity contribution in [2.45, 2.75) is 11.3 Å². The second-order valence-electron chi connectivity index (χ2n) is 3.26. The molecule has 3 nitrogen and oxygen atoms in total. The summed E-state index contributed by atoms with van der Waals surface area (Å²) >= 11 is 0. The Morgan fingerprint density at radius 3 is 3.00 bits per heavy atom. The van der Waals surface area contributed by atoms with Crippen LogP contribution in [0.15, 0.2) is 23.1 Å². The van der Waals surface area contributed by atoms with Gasteiger partial charge in [-0.05, 0) is 30.2 Å². The molecule has 1 aromatic carbocycles. The largest absolute Gasteiger partial charge is 0.374 e. The van der Waals surface area contributed by atoms with Crippen molar-refractivity contribution in [3.8, 4) is 0 Å². The second kappa shape index (κ2) is 3.12. The molecule has 0 amide bonds. The summed E-state index contributed by atoms with van der Waals surface area (Å²) in [5.74, 6) is 0. The smallest absolute Gasteiger partial charge is 0.122 e. The molecule has 2 rings (SSSR count). The third-order valence-corrected chi connectivity index (χ3v) is 3.13. The van der Waals surface area contributed by atoms with Crippen molar-refractivity contribution >= 4 is 16.7 Å². The summed E-state index contributed by atoms with van der Waals surface area (Å²) in [7, 11) is 0.709. The zero-order valence-electron chi connectivity index (χ0n) is 7.49. The third-order valence-electron chi connectivity index (χ3n) is 2.41. The highest BCUT2D eigenvalue weighted by atomic mass is 32.2. The molecule has 13 heavy (non-hydrogen) atoms. The van der Waals surface area contributed by atoms with Gasteiger partial charge in [-0.15, -0.1) is 0 Å². The van der Waals surface area contributed by atoms with Gasteiger partial charge in [-0.3, -0.25) is 0 Å². The highest BCUT2D eigenvalue weighted by Gasteiger charge is 2.16. The first-order valence-corrected chi connectivity index (χ1v) is 5.40. The van der Waals surface area contributed by atoms with E-state index in [9.17, 15) is 4.21 Å². The van der Waals surface area contributed by atoms with E-state index >= 15 is 0 Å². The minimum Gasteiger partial charge on any atom is -0.374 e. The van der Waals surface area contributed by atoms with E-state index in [0.717, 1.165) is 13.0 Å². The van der Waals surface area contributed by atoms with Crippen molar-refractivity contribution in [3.05, 3.63) is 23.8 Å². The minimum atomic E-state index is -1.35. The molecule has 1 atom stereocenters. The Morgan fingerprint density at radius 2 is 2.31 bits per heavy atom. The van der Waals surface area contributed by atoms with Crippen LogP contribution in [0.2, 0.25) is 0 Å². The number of nitrogens with zero attached hydrogens (tertiary/aromatic N) is 1. The lowest BCUT2D eigenvalue weighted by molar-refractivity contribution is 0.684. The first kappa shape index (κ1) is 8.72. The molecule has 0 aliphatic carbocycles. The normalized spacial score (nSPS) is 17.2. The Bertz CT molecular complexity index is 365. The van der Waals surface area contributed by atoms with Crippen LogP contribution in [-0.4, -0.2) is 17.8 Å². The molecule has 70 valence electrons. The summed E-state index contributed by atoms with van der Waals surface area (Å²) in [4.78, 5) is 2.91. The quantitative estimate of drug-likeness (QED) is 0.717. The molecular formula is C9H12N2OS. The molecule has 0 saturated carbocycles. The summed E-state index contributed by atoms with van der Waals surface area (Å²) in [6, 6.07) is 5.76. The molecule has 1 unspecified atom stereocenters. The Morgan fingerprint density at radius 1 is 1.54 bits per heavy atom. The number of rotatable bonds is 1. The predicted octanol–water partition coefficient (Wildman–Crippen LogP) is 0.660. The van der Waals surface area contributed by atoms with Crippen LogP contribution >= 0.6 is 0 Å². The molecule has 0 aromatic heterocycles. The van der Waals surface area contributed by atoms with Crippen LogP contribution in [0.25, 0.3) is 0 Å². The summed E-state index contributed by atoms with van der Waals surface area (Å²) in [5.41, 5.74) is 2.48. The summed E-state index contributed by atoms with van der Waals surface area (Å²) < 4.78 is 11.0. The van der Waals surface area contributed by atoms with Gasteiger partial charge in [0.2, 0.25) is 0 Å². The zero-order valence-corrected chi connectivity index (χ0v) is 8.30. The van der Waals surface area contributed by atoms with Crippen LogP contribution in [0.3, 0.4) is 0 Å². The number of anilines is 1. The molecule has 0 radical (unpaired) electrons. The first-order chi connectivity index (χ1) is 6.18. The number of fused-ring (bicyclic) bond motifs is 1. The Balaban J connectivity index is 2.45. The SMILES string of the molecule is CN1CCc2cc(S(N)=O)ccc21. The van der Waals surface area contributed by atoms with Crippen molar-refractivity contribution in [3.63, 3.8) is 0 Å². The molecule has 0 spiro atoms. The van der Waals surface area contributed by atoms with Gasteiger partial charge in [-0.2, -0.15) is 0 Å². The molecule has 1 aliphatic rings. The van der Waals surface area contributed by atoms with E-state index in [2.05, 4.69) is 11.9 Å². The third kappa shape index (κ3) is 1.47. The number of hydrogen-bond acceptors (Lipinski definition) is 2. The van der Waals surface area contributed by atoms with Gasteiger partial charge in [0.25, 0.3) is 0 Å². The average molecular weight is 196 g/mol. The lowest BCUT2D eigenvalue weighted by Gasteiger charge is -2.11. The van der Waals surface area contributed by atoms with E-state index in [-0.39, 0.29) is 0 Å². The molecule has 1 aliphatic heterocycles. The van der Waals surface area contributed by atoms with Gasteiger partial charge < -0.3 is 4.90 Å². The van der Waals surface area contributed by atoms with Gasteiger partial charge >= 0.3 is 0 Å². The molecule has 0 bridgehead atoms. The van der Waals surface area contributed by atoms with Crippen LogP contribution in [-0.2, 0) is 17.4 Å². The Labute approximate surface area is 80.1 Å². The van der Waals surface area contributed by atoms with Gasteiger partial charge in [-0.25, -0.2) is 9.35 Å². The lowest BCUT2D eigenvalue weighted by Crippen LogP contribution is -2.12. The monoisotopic (exact) mass is 196 g/mol. The zero-order chi connectivity index (χ0) is 9.42. The predicted molar refractivity (Wildman–Crippen MR) is 54.0 cm³/mol. The van der Waals surface area contributed by atoms with Crippen molar-refractivity contribution in [1.29, 1.82) is 0 Å². The van der Waals surface area contributed by atoms with Gasteiger partial charge in [-0.1, -0.05) is 0 Å². The van der Waals surface area contributed by atoms with Crippen LogP contribution in [0.5, 0.6) is 0 Å². The van der Waals surface area contributed by atoms with Crippen LogP contribution in [0.1, 0.15) is 5.56 Å². The highest BCUT2D eigenvalue weighted by Crippen LogP contribution is 2.27. The Hall–Kier alpha value is -0.870. The number of benzene rings is 1. The van der Waals surface area contributed by atoms with E-state index < -0.39 is 11.0 Å². The standard InChI is InChI=1S/C9H12N2OS/c1-11-5-4-7-6-8(13(10)12)2-3-9(7)11/h2-3,6H,4-5,10H2,1H3. The minimum absolute atomic E-state index is 0.717. The maximum absolute atomic E-state index is 11.0. The molecule has 1 aromatic rings. The van der Waals surface area contributed by atoms with Gasteiger partial charge in [0, 0.05) is 19.3 Å². The van der Waals surface area contributed by atoms with Crippen LogP contribution in [0.4, 0.5) is 5.69 Å². The molecular weight excluding hydrogens is 184 g/mol. The topological polar surface area (TPSA) is 46.3 Å². The second-order valence-corrected chi connectivity index (χ2v) is 4.33. The fraction of sp³-hybridized carbons (Fsp3) is 0.333. The highest BCUT2D eigenvalue weighted by molar-refractivity contribution is 7.82. The van der Waals surface area contributed by atoms with Crippen LogP contribution < -0.4 is 10.0 Å². The number of hydrogen-bond donors (Lipinski definition) is 1. The Kier molecular flexibility index (Phi) is 2.09. The maximum atomic E-state index is 11.0. The van der Waals surface area contributed by atoms with Crippen molar-refractivity contribution in [2.24, 2.45) is 5.14 Å². The summed E-state index contributed by atoms with van der Waals surface area (Å²) in [5, 5.41) is 5.30. The fourth-order valence-electron chi connectivity index (χ4n) is 1.67. The van der Waals surface area contributed by atoms with Gasteiger partial charge in [0.1, 0.15) is 11.0 Å². The molecule has 0 fully saturated rings. The van der Waals surface area contributed by atoms with E-state index in [1.165, 1.54) is 11.3 Å². The number of likely N-dealkylation sites (N-methyl/N-ethyl adjacent to an activating group) is 1. The number of nitrogens with two attached hydrogens (primary N) is 1. The lowest BCUT2D eigenvalue weighted by atomic mass is 10.2. The first-order valence-electron chi connectivity index (χ1n) is 4.19. The van der Waals surface area contributed by atoms with Crippen LogP contribution in [0, 0.1) is 0 Å². The molecule has 1 heterocycles. The summed E-state index contributed by atoms with van der Waals surface area (Å²) in [6.45, 7) is 1.04. The molecule has 4 heteroatoms. The molecule has 0 saturated heterocycles. The van der Waals surface area contributed by atoms with E-state index in [0.29, 0.717) is 4.90 Å². The summed E-state index contributed by atoms with van der Waals surface area (Å²) in [6.07, 6.45) is 1.02. The van der Waals surface area contributed by atoms with Crippen molar-refractivity contribution in [2.75, 3.05) is 18.5 Å². The van der Waals surface area contributed by atoms with Gasteiger partial charge in [0.05, 0.1) is 4.90 Å². The van der Waals surface area contributed by atoms with Crippen molar-refractivity contribution < 1.29 is 4.21 Å².